The number of nitrogens with two attached hydrogens (primary N) is 1. The molecule has 2 N–H and O–H groups in total. The molecule has 0 saturated carbocycles. The van der Waals surface area contributed by atoms with Gasteiger partial charge in [0.1, 0.15) is 12.4 Å². The summed E-state index contributed by atoms with van der Waals surface area (Å²) in [6.07, 6.45) is 1.31. The molecular formula is C16H16Cl2N2O3. The molecule has 7 heteroatoms. The topological polar surface area (TPSA) is 78.4 Å². The molecule has 0 aliphatic heterocycles. The summed E-state index contributed by atoms with van der Waals surface area (Å²) >= 11 is 12.2. The van der Waals surface area contributed by atoms with Crippen LogP contribution in [-0.4, -0.2) is 11.5 Å². The highest BCUT2D eigenvalue weighted by Crippen LogP contribution is 2.29. The van der Waals surface area contributed by atoms with Crippen molar-refractivity contribution in [2.45, 2.75) is 19.4 Å². The van der Waals surface area contributed by atoms with E-state index in [4.69, 9.17) is 33.7 Å². The van der Waals surface area contributed by atoms with Crippen molar-refractivity contribution in [3.05, 3.63) is 67.7 Å². The lowest BCUT2D eigenvalue weighted by molar-refractivity contribution is -0.384. The van der Waals surface area contributed by atoms with Crippen LogP contribution in [0, 0.1) is 10.1 Å². The van der Waals surface area contributed by atoms with Gasteiger partial charge in [0.2, 0.25) is 0 Å². The summed E-state index contributed by atoms with van der Waals surface area (Å²) in [6, 6.07) is 9.74. The van der Waals surface area contributed by atoms with Gasteiger partial charge in [-0.05, 0) is 37.6 Å². The van der Waals surface area contributed by atoms with E-state index in [1.54, 1.807) is 24.3 Å². The van der Waals surface area contributed by atoms with Crippen molar-refractivity contribution in [1.82, 2.24) is 0 Å². The number of ether oxygens (including phenoxy) is 1. The molecule has 0 saturated heterocycles. The monoisotopic (exact) mass is 354 g/mol. The van der Waals surface area contributed by atoms with Gasteiger partial charge in [-0.1, -0.05) is 29.3 Å². The fourth-order valence-corrected chi connectivity index (χ4v) is 2.63. The summed E-state index contributed by atoms with van der Waals surface area (Å²) in [5.74, 6) is 0.569. The number of nitro groups is 1. The molecule has 0 fully saturated rings. The van der Waals surface area contributed by atoms with Crippen LogP contribution in [0.1, 0.15) is 17.5 Å². The molecule has 0 aromatic heterocycles. The van der Waals surface area contributed by atoms with Crippen LogP contribution in [0.2, 0.25) is 10.0 Å². The van der Waals surface area contributed by atoms with Crippen molar-refractivity contribution in [3.63, 3.8) is 0 Å². The van der Waals surface area contributed by atoms with Crippen molar-refractivity contribution >= 4 is 28.9 Å². The smallest absolute Gasteiger partial charge is 0.269 e. The molecular weight excluding hydrogens is 339 g/mol. The van der Waals surface area contributed by atoms with Gasteiger partial charge in [0, 0.05) is 33.3 Å². The van der Waals surface area contributed by atoms with Crippen molar-refractivity contribution in [3.8, 4) is 5.75 Å². The van der Waals surface area contributed by atoms with Gasteiger partial charge in [0.25, 0.3) is 5.69 Å². The number of benzene rings is 2. The van der Waals surface area contributed by atoms with E-state index in [1.165, 1.54) is 12.1 Å². The minimum atomic E-state index is -0.430. The molecule has 0 aliphatic carbocycles. The first-order valence-corrected chi connectivity index (χ1v) is 7.81. The lowest BCUT2D eigenvalue weighted by Gasteiger charge is -2.13. The van der Waals surface area contributed by atoms with Gasteiger partial charge < -0.3 is 10.5 Å². The second kappa shape index (κ2) is 8.15. The summed E-state index contributed by atoms with van der Waals surface area (Å²) < 4.78 is 5.78. The van der Waals surface area contributed by atoms with Crippen molar-refractivity contribution < 1.29 is 9.66 Å². The van der Waals surface area contributed by atoms with Crippen LogP contribution in [0.15, 0.2) is 36.4 Å². The lowest BCUT2D eigenvalue weighted by atomic mass is 10.1. The maximum absolute atomic E-state index is 10.9. The molecule has 0 bridgehead atoms. The Kier molecular flexibility index (Phi) is 6.21. The molecule has 23 heavy (non-hydrogen) atoms. The van der Waals surface area contributed by atoms with Gasteiger partial charge in [-0.25, -0.2) is 0 Å². The summed E-state index contributed by atoms with van der Waals surface area (Å²) in [5.41, 5.74) is 6.97. The number of nitro benzene ring substituents is 1. The Morgan fingerprint density at radius 1 is 1.17 bits per heavy atom. The number of halogens is 2. The van der Waals surface area contributed by atoms with Crippen LogP contribution in [0.25, 0.3) is 0 Å². The Balaban J connectivity index is 2.22. The van der Waals surface area contributed by atoms with Gasteiger partial charge in [-0.15, -0.1) is 0 Å². The quantitative estimate of drug-likeness (QED) is 0.591. The van der Waals surface area contributed by atoms with Gasteiger partial charge in [-0.3, -0.25) is 10.1 Å². The van der Waals surface area contributed by atoms with Crippen LogP contribution in [0.4, 0.5) is 5.69 Å². The predicted octanol–water partition coefficient (Wildman–Crippen LogP) is 4.37. The van der Waals surface area contributed by atoms with Gasteiger partial charge in [0.05, 0.1) is 4.92 Å². The average Bonchev–Trinajstić information content (AvgIpc) is 2.52. The number of rotatable bonds is 7. The lowest BCUT2D eigenvalue weighted by Crippen LogP contribution is -2.04. The van der Waals surface area contributed by atoms with E-state index in [0.717, 1.165) is 5.56 Å². The summed E-state index contributed by atoms with van der Waals surface area (Å²) in [5, 5.41) is 11.9. The van der Waals surface area contributed by atoms with E-state index in [1.807, 2.05) is 0 Å². The first kappa shape index (κ1) is 17.5. The standard InChI is InChI=1S/C16H16Cl2N2O3/c17-14-4-1-5-15(18)13(14)10-23-16-7-6-12(20(21)22)9-11(16)3-2-8-19/h1,4-7,9H,2-3,8,10,19H2. The normalized spacial score (nSPS) is 10.6. The Morgan fingerprint density at radius 3 is 2.48 bits per heavy atom. The SMILES string of the molecule is NCCCc1cc([N+](=O)[O-])ccc1OCc1c(Cl)cccc1Cl. The zero-order valence-electron chi connectivity index (χ0n) is 12.3. The molecule has 0 heterocycles. The Bertz CT molecular complexity index is 687. The number of hydrogen-bond donors (Lipinski definition) is 1. The van der Waals surface area contributed by atoms with Crippen LogP contribution < -0.4 is 10.5 Å². The predicted molar refractivity (Wildman–Crippen MR) is 91.3 cm³/mol. The fourth-order valence-electron chi connectivity index (χ4n) is 2.13. The molecule has 0 spiro atoms. The van der Waals surface area contributed by atoms with Crippen molar-refractivity contribution in [1.29, 1.82) is 0 Å². The minimum absolute atomic E-state index is 0.0279. The summed E-state index contributed by atoms with van der Waals surface area (Å²) in [7, 11) is 0. The van der Waals surface area contributed by atoms with Gasteiger partial charge >= 0.3 is 0 Å². The fraction of sp³-hybridized carbons (Fsp3) is 0.250. The Labute approximate surface area is 144 Å². The molecule has 0 amide bonds. The highest BCUT2D eigenvalue weighted by atomic mass is 35.5. The largest absolute Gasteiger partial charge is 0.489 e. The van der Waals surface area contributed by atoms with Crippen molar-refractivity contribution in [2.24, 2.45) is 5.73 Å². The third-order valence-corrected chi connectivity index (χ3v) is 4.05. The first-order valence-electron chi connectivity index (χ1n) is 7.06. The van der Waals surface area contributed by atoms with Gasteiger partial charge in [-0.2, -0.15) is 0 Å². The maximum atomic E-state index is 10.9. The molecule has 5 nitrogen and oxygen atoms in total. The highest BCUT2D eigenvalue weighted by molar-refractivity contribution is 6.35. The molecule has 2 rings (SSSR count). The zero-order chi connectivity index (χ0) is 16.8. The molecule has 2 aromatic carbocycles. The zero-order valence-corrected chi connectivity index (χ0v) is 13.8. The van der Waals surface area contributed by atoms with E-state index >= 15 is 0 Å². The van der Waals surface area contributed by atoms with E-state index in [0.29, 0.717) is 40.7 Å². The second-order valence-corrected chi connectivity index (χ2v) is 5.74. The highest BCUT2D eigenvalue weighted by Gasteiger charge is 2.13. The van der Waals surface area contributed by atoms with E-state index in [-0.39, 0.29) is 12.3 Å². The third kappa shape index (κ3) is 4.58. The number of non-ortho nitro benzene ring substituents is 1. The van der Waals surface area contributed by atoms with E-state index in [2.05, 4.69) is 0 Å². The van der Waals surface area contributed by atoms with E-state index < -0.39 is 4.92 Å². The number of aryl methyl sites for hydroxylation is 1. The summed E-state index contributed by atoms with van der Waals surface area (Å²) in [4.78, 5) is 10.5. The maximum Gasteiger partial charge on any atom is 0.269 e. The molecule has 2 aromatic rings. The Morgan fingerprint density at radius 2 is 1.87 bits per heavy atom. The molecule has 0 aliphatic rings. The molecule has 0 unspecified atom stereocenters. The number of nitrogens with zero attached hydrogens (tertiary/aromatic N) is 1. The van der Waals surface area contributed by atoms with Crippen LogP contribution in [0.3, 0.4) is 0 Å². The minimum Gasteiger partial charge on any atom is -0.489 e. The van der Waals surface area contributed by atoms with Crippen LogP contribution in [-0.2, 0) is 13.0 Å². The third-order valence-electron chi connectivity index (χ3n) is 3.34. The molecule has 122 valence electrons. The second-order valence-electron chi connectivity index (χ2n) is 4.93. The first-order chi connectivity index (χ1) is 11.0. The molecule has 0 radical (unpaired) electrons. The van der Waals surface area contributed by atoms with Crippen molar-refractivity contribution in [2.75, 3.05) is 6.54 Å². The molecule has 0 atom stereocenters. The Hall–Kier alpha value is -1.82. The van der Waals surface area contributed by atoms with Gasteiger partial charge in [0.15, 0.2) is 0 Å². The van der Waals surface area contributed by atoms with Crippen LogP contribution >= 0.6 is 23.2 Å². The number of hydrogen-bond acceptors (Lipinski definition) is 4. The van der Waals surface area contributed by atoms with E-state index in [9.17, 15) is 10.1 Å². The average molecular weight is 355 g/mol. The van der Waals surface area contributed by atoms with Crippen LogP contribution in [0.5, 0.6) is 5.75 Å². The summed E-state index contributed by atoms with van der Waals surface area (Å²) in [6.45, 7) is 0.685.